The lowest BCUT2D eigenvalue weighted by molar-refractivity contribution is 0.801. The number of nitrogens with two attached hydrogens (primary N) is 1. The van der Waals surface area contributed by atoms with Crippen molar-refractivity contribution >= 4 is 27.5 Å². The van der Waals surface area contributed by atoms with Crippen LogP contribution in [0.25, 0.3) is 16.0 Å². The van der Waals surface area contributed by atoms with Gasteiger partial charge in [0.25, 0.3) is 0 Å². The highest BCUT2D eigenvalue weighted by molar-refractivity contribution is 7.16. The molecule has 18 heavy (non-hydrogen) atoms. The predicted octanol–water partition coefficient (Wildman–Crippen LogP) is 2.41. The standard InChI is InChI=1S/C12H13N5S/c1-2-3-9-14-5-6-17(9)10-8-4-7-18-11(8)16-12(13)15-10/h4-7H,2-3H2,1H3,(H2,13,15,16). The average molecular weight is 259 g/mol. The number of nitrogens with zero attached hydrogens (tertiary/aromatic N) is 4. The van der Waals surface area contributed by atoms with Gasteiger partial charge in [-0.15, -0.1) is 11.3 Å². The summed E-state index contributed by atoms with van der Waals surface area (Å²) in [6, 6.07) is 2.02. The molecular formula is C12H13N5S. The molecule has 0 unspecified atom stereocenters. The molecule has 0 amide bonds. The first-order valence-corrected chi connectivity index (χ1v) is 6.71. The Bertz CT molecular complexity index is 685. The molecule has 92 valence electrons. The first-order valence-electron chi connectivity index (χ1n) is 5.83. The van der Waals surface area contributed by atoms with Gasteiger partial charge in [0, 0.05) is 18.8 Å². The lowest BCUT2D eigenvalue weighted by Gasteiger charge is -2.08. The number of aryl methyl sites for hydroxylation is 1. The van der Waals surface area contributed by atoms with Crippen LogP contribution in [0.1, 0.15) is 19.2 Å². The minimum atomic E-state index is 0.302. The summed E-state index contributed by atoms with van der Waals surface area (Å²) in [6.45, 7) is 2.13. The van der Waals surface area contributed by atoms with Crippen LogP contribution in [0.2, 0.25) is 0 Å². The molecule has 0 bridgehead atoms. The smallest absolute Gasteiger partial charge is 0.223 e. The number of hydrogen-bond acceptors (Lipinski definition) is 5. The van der Waals surface area contributed by atoms with Gasteiger partial charge in [-0.05, 0) is 17.9 Å². The van der Waals surface area contributed by atoms with E-state index in [1.807, 2.05) is 22.2 Å². The monoisotopic (exact) mass is 259 g/mol. The molecule has 0 aliphatic heterocycles. The number of thiophene rings is 1. The zero-order valence-corrected chi connectivity index (χ0v) is 10.8. The maximum atomic E-state index is 5.76. The first-order chi connectivity index (χ1) is 8.79. The maximum absolute atomic E-state index is 5.76. The van der Waals surface area contributed by atoms with Crippen molar-refractivity contribution in [2.24, 2.45) is 0 Å². The average Bonchev–Trinajstić information content (AvgIpc) is 2.96. The van der Waals surface area contributed by atoms with E-state index in [0.29, 0.717) is 5.95 Å². The topological polar surface area (TPSA) is 69.6 Å². The van der Waals surface area contributed by atoms with Crippen LogP contribution >= 0.6 is 11.3 Å². The number of nitrogen functional groups attached to an aromatic ring is 1. The first kappa shape index (κ1) is 11.2. The number of anilines is 1. The van der Waals surface area contributed by atoms with E-state index < -0.39 is 0 Å². The normalized spacial score (nSPS) is 11.2. The van der Waals surface area contributed by atoms with E-state index in [1.54, 1.807) is 17.5 Å². The number of rotatable bonds is 3. The second kappa shape index (κ2) is 4.38. The zero-order chi connectivity index (χ0) is 12.5. The molecular weight excluding hydrogens is 246 g/mol. The third-order valence-corrected chi connectivity index (χ3v) is 3.55. The highest BCUT2D eigenvalue weighted by Gasteiger charge is 2.12. The molecule has 0 saturated carbocycles. The van der Waals surface area contributed by atoms with Gasteiger partial charge in [0.05, 0.1) is 5.39 Å². The van der Waals surface area contributed by atoms with Crippen molar-refractivity contribution in [2.75, 3.05) is 5.73 Å². The van der Waals surface area contributed by atoms with Crippen molar-refractivity contribution < 1.29 is 0 Å². The van der Waals surface area contributed by atoms with E-state index in [2.05, 4.69) is 21.9 Å². The molecule has 0 spiro atoms. The minimum absolute atomic E-state index is 0.302. The van der Waals surface area contributed by atoms with Crippen molar-refractivity contribution in [3.8, 4) is 5.82 Å². The molecule has 0 saturated heterocycles. The molecule has 0 radical (unpaired) electrons. The molecule has 3 rings (SSSR count). The fourth-order valence-corrected chi connectivity index (χ4v) is 2.74. The molecule has 0 fully saturated rings. The van der Waals surface area contributed by atoms with E-state index in [9.17, 15) is 0 Å². The van der Waals surface area contributed by atoms with Crippen LogP contribution in [0.15, 0.2) is 23.8 Å². The Kier molecular flexibility index (Phi) is 2.71. The van der Waals surface area contributed by atoms with E-state index in [4.69, 9.17) is 5.73 Å². The number of fused-ring (bicyclic) bond motifs is 1. The summed E-state index contributed by atoms with van der Waals surface area (Å²) in [5, 5.41) is 3.02. The molecule has 6 heteroatoms. The highest BCUT2D eigenvalue weighted by Crippen LogP contribution is 2.25. The van der Waals surface area contributed by atoms with Crippen molar-refractivity contribution in [2.45, 2.75) is 19.8 Å². The Hall–Kier alpha value is -1.95. The van der Waals surface area contributed by atoms with Gasteiger partial charge in [0.2, 0.25) is 5.95 Å². The Morgan fingerprint density at radius 2 is 2.28 bits per heavy atom. The van der Waals surface area contributed by atoms with Crippen molar-refractivity contribution in [3.05, 3.63) is 29.7 Å². The Morgan fingerprint density at radius 1 is 1.39 bits per heavy atom. The minimum Gasteiger partial charge on any atom is -0.368 e. The zero-order valence-electron chi connectivity index (χ0n) is 10.00. The summed E-state index contributed by atoms with van der Waals surface area (Å²) in [5.41, 5.74) is 5.76. The van der Waals surface area contributed by atoms with Crippen molar-refractivity contribution in [1.29, 1.82) is 0 Å². The SMILES string of the molecule is CCCc1nccn1-c1nc(N)nc2sccc12. The number of aromatic nitrogens is 4. The second-order valence-electron chi connectivity index (χ2n) is 4.01. The summed E-state index contributed by atoms with van der Waals surface area (Å²) in [7, 11) is 0. The molecule has 3 aromatic rings. The fourth-order valence-electron chi connectivity index (χ4n) is 1.98. The lowest BCUT2D eigenvalue weighted by Crippen LogP contribution is -2.06. The fraction of sp³-hybridized carbons (Fsp3) is 0.250. The van der Waals surface area contributed by atoms with Crippen LogP contribution in [-0.2, 0) is 6.42 Å². The molecule has 2 N–H and O–H groups in total. The van der Waals surface area contributed by atoms with E-state index >= 15 is 0 Å². The second-order valence-corrected chi connectivity index (χ2v) is 4.90. The van der Waals surface area contributed by atoms with Gasteiger partial charge in [-0.1, -0.05) is 6.92 Å². The van der Waals surface area contributed by atoms with Gasteiger partial charge in [0.15, 0.2) is 5.82 Å². The summed E-state index contributed by atoms with van der Waals surface area (Å²) >= 11 is 1.57. The largest absolute Gasteiger partial charge is 0.368 e. The third-order valence-electron chi connectivity index (χ3n) is 2.74. The lowest BCUT2D eigenvalue weighted by atomic mass is 10.3. The summed E-state index contributed by atoms with van der Waals surface area (Å²) in [5.74, 6) is 2.12. The van der Waals surface area contributed by atoms with E-state index in [0.717, 1.165) is 34.7 Å². The quantitative estimate of drug-likeness (QED) is 0.784. The summed E-state index contributed by atoms with van der Waals surface area (Å²) in [6.07, 6.45) is 5.68. The molecule has 0 aliphatic rings. The Morgan fingerprint density at radius 3 is 3.11 bits per heavy atom. The molecule has 3 heterocycles. The van der Waals surface area contributed by atoms with E-state index in [-0.39, 0.29) is 0 Å². The third kappa shape index (κ3) is 1.74. The number of hydrogen-bond donors (Lipinski definition) is 1. The molecule has 0 aromatic carbocycles. The van der Waals surface area contributed by atoms with Gasteiger partial charge >= 0.3 is 0 Å². The van der Waals surface area contributed by atoms with E-state index in [1.165, 1.54) is 0 Å². The van der Waals surface area contributed by atoms with Gasteiger partial charge < -0.3 is 5.73 Å². The van der Waals surface area contributed by atoms with Crippen LogP contribution in [0.4, 0.5) is 5.95 Å². The maximum Gasteiger partial charge on any atom is 0.223 e. The van der Waals surface area contributed by atoms with Crippen LogP contribution in [0, 0.1) is 0 Å². The van der Waals surface area contributed by atoms with Gasteiger partial charge in [0.1, 0.15) is 10.7 Å². The predicted molar refractivity (Wildman–Crippen MR) is 72.9 cm³/mol. The van der Waals surface area contributed by atoms with Crippen LogP contribution in [0.5, 0.6) is 0 Å². The highest BCUT2D eigenvalue weighted by atomic mass is 32.1. The van der Waals surface area contributed by atoms with Crippen molar-refractivity contribution in [1.82, 2.24) is 19.5 Å². The van der Waals surface area contributed by atoms with Crippen LogP contribution < -0.4 is 5.73 Å². The Labute approximate surface area is 108 Å². The van der Waals surface area contributed by atoms with Gasteiger partial charge in [-0.25, -0.2) is 9.97 Å². The van der Waals surface area contributed by atoms with Crippen molar-refractivity contribution in [3.63, 3.8) is 0 Å². The molecule has 0 atom stereocenters. The molecule has 3 aromatic heterocycles. The Balaban J connectivity index is 2.24. The number of imidazole rings is 1. The van der Waals surface area contributed by atoms with Crippen LogP contribution in [0.3, 0.4) is 0 Å². The van der Waals surface area contributed by atoms with Crippen LogP contribution in [-0.4, -0.2) is 19.5 Å². The molecule has 5 nitrogen and oxygen atoms in total. The van der Waals surface area contributed by atoms with Gasteiger partial charge in [-0.2, -0.15) is 4.98 Å². The van der Waals surface area contributed by atoms with Gasteiger partial charge in [-0.3, -0.25) is 4.57 Å². The summed E-state index contributed by atoms with van der Waals surface area (Å²) < 4.78 is 2.00. The summed E-state index contributed by atoms with van der Waals surface area (Å²) in [4.78, 5) is 13.9. The molecule has 0 aliphatic carbocycles.